The van der Waals surface area contributed by atoms with Gasteiger partial charge in [-0.3, -0.25) is 4.98 Å². The van der Waals surface area contributed by atoms with Crippen molar-refractivity contribution in [2.24, 2.45) is 0 Å². The quantitative estimate of drug-likeness (QED) is 0.683. The van der Waals surface area contributed by atoms with Crippen LogP contribution in [0.2, 0.25) is 0 Å². The highest BCUT2D eigenvalue weighted by molar-refractivity contribution is 5.58. The lowest BCUT2D eigenvalue weighted by Crippen LogP contribution is -2.24. The van der Waals surface area contributed by atoms with Crippen LogP contribution >= 0.6 is 0 Å². The molecule has 28 heavy (non-hydrogen) atoms. The van der Waals surface area contributed by atoms with Gasteiger partial charge in [0.25, 0.3) is 0 Å². The van der Waals surface area contributed by atoms with Gasteiger partial charge >= 0.3 is 0 Å². The minimum absolute atomic E-state index is 0.277. The Bertz CT molecular complexity index is 993. The van der Waals surface area contributed by atoms with Crippen molar-refractivity contribution in [3.05, 3.63) is 60.0 Å². The Morgan fingerprint density at radius 2 is 1.89 bits per heavy atom. The molecule has 1 atom stereocenters. The molecule has 0 spiro atoms. The summed E-state index contributed by atoms with van der Waals surface area (Å²) in [6.45, 7) is 3.41. The molecule has 1 saturated heterocycles. The zero-order valence-corrected chi connectivity index (χ0v) is 15.8. The first kappa shape index (κ1) is 17.0. The van der Waals surface area contributed by atoms with Crippen LogP contribution in [0.4, 0.5) is 5.82 Å². The molecule has 1 aromatic carbocycles. The van der Waals surface area contributed by atoms with Crippen LogP contribution in [0.5, 0.6) is 11.5 Å². The summed E-state index contributed by atoms with van der Waals surface area (Å²) in [5.41, 5.74) is 3.28. The van der Waals surface area contributed by atoms with Crippen molar-refractivity contribution in [2.75, 3.05) is 18.2 Å². The molecule has 3 aromatic rings. The Hall–Kier alpha value is -3.15. The second kappa shape index (κ2) is 7.11. The van der Waals surface area contributed by atoms with E-state index in [1.165, 1.54) is 5.56 Å². The Labute approximate surface area is 164 Å². The first-order valence-corrected chi connectivity index (χ1v) is 9.76. The highest BCUT2D eigenvalue weighted by Crippen LogP contribution is 2.40. The first-order valence-electron chi connectivity index (χ1n) is 9.76. The zero-order chi connectivity index (χ0) is 18.9. The van der Waals surface area contributed by atoms with Gasteiger partial charge in [-0.05, 0) is 49.1 Å². The van der Waals surface area contributed by atoms with Gasteiger partial charge in [-0.15, -0.1) is 0 Å². The van der Waals surface area contributed by atoms with Gasteiger partial charge in [-0.1, -0.05) is 13.0 Å². The van der Waals surface area contributed by atoms with Crippen LogP contribution in [0.1, 0.15) is 37.1 Å². The van der Waals surface area contributed by atoms with E-state index in [9.17, 15) is 0 Å². The number of ether oxygens (including phenoxy) is 2. The second-order valence-electron chi connectivity index (χ2n) is 7.09. The van der Waals surface area contributed by atoms with E-state index in [2.05, 4.69) is 35.0 Å². The molecule has 6 nitrogen and oxygen atoms in total. The van der Waals surface area contributed by atoms with Crippen molar-refractivity contribution >= 4 is 5.82 Å². The van der Waals surface area contributed by atoms with E-state index >= 15 is 0 Å². The first-order chi connectivity index (χ1) is 13.8. The number of anilines is 1. The average Bonchev–Trinajstić information content (AvgIpc) is 3.43. The average molecular weight is 374 g/mol. The molecule has 0 amide bonds. The number of fused-ring (bicyclic) bond motifs is 1. The van der Waals surface area contributed by atoms with E-state index in [0.717, 1.165) is 60.2 Å². The van der Waals surface area contributed by atoms with Gasteiger partial charge in [-0.2, -0.15) is 0 Å². The van der Waals surface area contributed by atoms with Crippen LogP contribution in [-0.4, -0.2) is 28.3 Å². The van der Waals surface area contributed by atoms with Crippen LogP contribution < -0.4 is 14.4 Å². The van der Waals surface area contributed by atoms with E-state index < -0.39 is 0 Å². The van der Waals surface area contributed by atoms with Gasteiger partial charge in [0.15, 0.2) is 17.3 Å². The van der Waals surface area contributed by atoms with E-state index in [4.69, 9.17) is 19.4 Å². The molecule has 0 N–H and O–H groups in total. The third-order valence-electron chi connectivity index (χ3n) is 5.39. The van der Waals surface area contributed by atoms with Crippen molar-refractivity contribution in [3.63, 3.8) is 0 Å². The van der Waals surface area contributed by atoms with Crippen LogP contribution in [0.25, 0.3) is 11.4 Å². The summed E-state index contributed by atoms with van der Waals surface area (Å²) in [5, 5.41) is 0. The molecular weight excluding hydrogens is 352 g/mol. The Morgan fingerprint density at radius 1 is 1.04 bits per heavy atom. The maximum Gasteiger partial charge on any atom is 0.231 e. The monoisotopic (exact) mass is 374 g/mol. The largest absolute Gasteiger partial charge is 0.454 e. The molecule has 0 radical (unpaired) electrons. The fraction of sp³-hybridized carbons (Fsp3) is 0.318. The van der Waals surface area contributed by atoms with E-state index in [1.54, 1.807) is 12.4 Å². The predicted molar refractivity (Wildman–Crippen MR) is 107 cm³/mol. The highest BCUT2D eigenvalue weighted by Gasteiger charge is 2.29. The molecule has 2 aromatic heterocycles. The number of aryl methyl sites for hydroxylation is 1. The van der Waals surface area contributed by atoms with Gasteiger partial charge in [0.05, 0.1) is 6.04 Å². The van der Waals surface area contributed by atoms with Crippen LogP contribution in [0.15, 0.2) is 48.8 Å². The van der Waals surface area contributed by atoms with Gasteiger partial charge in [0.2, 0.25) is 6.79 Å². The van der Waals surface area contributed by atoms with Crippen LogP contribution in [0, 0.1) is 0 Å². The lowest BCUT2D eigenvalue weighted by atomic mass is 10.0. The van der Waals surface area contributed by atoms with Crippen LogP contribution in [0.3, 0.4) is 0 Å². The Morgan fingerprint density at radius 3 is 2.75 bits per heavy atom. The maximum absolute atomic E-state index is 5.58. The number of rotatable bonds is 4. The predicted octanol–water partition coefficient (Wildman–Crippen LogP) is 4.17. The lowest BCUT2D eigenvalue weighted by molar-refractivity contribution is 0.174. The normalized spacial score (nSPS) is 17.9. The molecule has 2 aliphatic rings. The lowest BCUT2D eigenvalue weighted by Gasteiger charge is -2.27. The van der Waals surface area contributed by atoms with Gasteiger partial charge in [0.1, 0.15) is 5.82 Å². The third kappa shape index (κ3) is 3.05. The summed E-state index contributed by atoms with van der Waals surface area (Å²) in [6, 6.07) is 12.6. The molecule has 142 valence electrons. The van der Waals surface area contributed by atoms with E-state index in [0.29, 0.717) is 6.79 Å². The Kier molecular flexibility index (Phi) is 4.31. The van der Waals surface area contributed by atoms with Crippen molar-refractivity contribution in [2.45, 2.75) is 32.2 Å². The Balaban J connectivity index is 1.52. The number of nitrogens with zero attached hydrogens (tertiary/aromatic N) is 4. The second-order valence-corrected chi connectivity index (χ2v) is 7.09. The smallest absolute Gasteiger partial charge is 0.231 e. The summed E-state index contributed by atoms with van der Waals surface area (Å²) < 4.78 is 11.0. The topological polar surface area (TPSA) is 60.4 Å². The molecule has 4 heterocycles. The van der Waals surface area contributed by atoms with Gasteiger partial charge in [-0.25, -0.2) is 9.97 Å². The molecule has 5 rings (SSSR count). The summed E-state index contributed by atoms with van der Waals surface area (Å²) in [6.07, 6.45) is 6.66. The number of benzene rings is 1. The minimum Gasteiger partial charge on any atom is -0.454 e. The fourth-order valence-electron chi connectivity index (χ4n) is 3.95. The van der Waals surface area contributed by atoms with E-state index in [-0.39, 0.29) is 6.04 Å². The van der Waals surface area contributed by atoms with Gasteiger partial charge in [0, 0.05) is 36.3 Å². The van der Waals surface area contributed by atoms with E-state index in [1.807, 2.05) is 18.2 Å². The summed E-state index contributed by atoms with van der Waals surface area (Å²) in [7, 11) is 0. The maximum atomic E-state index is 5.58. The molecule has 0 bridgehead atoms. The molecule has 1 fully saturated rings. The zero-order valence-electron chi connectivity index (χ0n) is 15.8. The molecule has 0 aliphatic carbocycles. The van der Waals surface area contributed by atoms with Crippen molar-refractivity contribution in [1.29, 1.82) is 0 Å². The number of aromatic nitrogens is 3. The molecule has 0 saturated carbocycles. The number of hydrogen-bond donors (Lipinski definition) is 0. The molecule has 6 heteroatoms. The molecular formula is C22H22N4O2. The number of pyridine rings is 1. The molecule has 2 aliphatic heterocycles. The van der Waals surface area contributed by atoms with Gasteiger partial charge < -0.3 is 14.4 Å². The summed E-state index contributed by atoms with van der Waals surface area (Å²) in [5.74, 6) is 3.40. The van der Waals surface area contributed by atoms with Crippen molar-refractivity contribution in [3.8, 4) is 22.9 Å². The number of hydrogen-bond acceptors (Lipinski definition) is 6. The van der Waals surface area contributed by atoms with Crippen molar-refractivity contribution < 1.29 is 9.47 Å². The SMILES string of the molecule is CCc1cc(N2CCCC2c2ccc3c(c2)OCO3)nc(-c2ccncc2)n1. The minimum atomic E-state index is 0.277. The van der Waals surface area contributed by atoms with Crippen molar-refractivity contribution in [1.82, 2.24) is 15.0 Å². The molecule has 1 unspecified atom stereocenters. The van der Waals surface area contributed by atoms with Crippen LogP contribution in [-0.2, 0) is 6.42 Å². The standard InChI is InChI=1S/C22H22N4O2/c1-2-17-13-21(25-22(24-17)15-7-9-23-10-8-15)26-11-3-4-18(26)16-5-6-19-20(12-16)28-14-27-19/h5-10,12-13,18H,2-4,11,14H2,1H3. The summed E-state index contributed by atoms with van der Waals surface area (Å²) in [4.78, 5) is 16.1. The summed E-state index contributed by atoms with van der Waals surface area (Å²) >= 11 is 0. The third-order valence-corrected chi connectivity index (χ3v) is 5.39. The fourth-order valence-corrected chi connectivity index (χ4v) is 3.95. The highest BCUT2D eigenvalue weighted by atomic mass is 16.7.